The van der Waals surface area contributed by atoms with Gasteiger partial charge in [0.1, 0.15) is 5.82 Å². The number of nitrogens with one attached hydrogen (secondary N) is 2. The number of carbonyl (C=O) groups excluding carboxylic acids is 1. The maximum absolute atomic E-state index is 12.6. The van der Waals surface area contributed by atoms with Gasteiger partial charge in [0, 0.05) is 29.3 Å². The minimum Gasteiger partial charge on any atom is -0.349 e. The summed E-state index contributed by atoms with van der Waals surface area (Å²) in [7, 11) is 0. The fourth-order valence-corrected chi connectivity index (χ4v) is 3.81. The Bertz CT molecular complexity index is 1030. The van der Waals surface area contributed by atoms with Crippen LogP contribution in [0.25, 0.3) is 22.4 Å². The van der Waals surface area contributed by atoms with Gasteiger partial charge < -0.3 is 10.3 Å². The molecular weight excluding hydrogens is 356 g/mol. The summed E-state index contributed by atoms with van der Waals surface area (Å²) in [6.07, 6.45) is 4.60. The quantitative estimate of drug-likeness (QED) is 0.517. The first kappa shape index (κ1) is 18.2. The van der Waals surface area contributed by atoms with Crippen LogP contribution in [0.1, 0.15) is 43.0 Å². The number of amides is 1. The molecule has 0 radical (unpaired) electrons. The number of nitro groups is 1. The third kappa shape index (κ3) is 3.60. The first-order valence-corrected chi connectivity index (χ1v) is 9.57. The first-order chi connectivity index (χ1) is 13.5. The maximum atomic E-state index is 12.6. The van der Waals surface area contributed by atoms with Crippen LogP contribution in [0.15, 0.2) is 42.5 Å². The van der Waals surface area contributed by atoms with Crippen LogP contribution < -0.4 is 5.32 Å². The van der Waals surface area contributed by atoms with E-state index in [2.05, 4.69) is 22.2 Å². The monoisotopic (exact) mass is 378 g/mol. The zero-order valence-electron chi connectivity index (χ0n) is 15.6. The molecule has 1 aromatic heterocycles. The molecule has 1 amide bonds. The van der Waals surface area contributed by atoms with E-state index in [1.807, 2.05) is 12.1 Å². The Morgan fingerprint density at radius 3 is 2.64 bits per heavy atom. The summed E-state index contributed by atoms with van der Waals surface area (Å²) in [4.78, 5) is 30.6. The molecule has 2 unspecified atom stereocenters. The van der Waals surface area contributed by atoms with Crippen LogP contribution in [0, 0.1) is 16.0 Å². The zero-order chi connectivity index (χ0) is 19.7. The molecule has 2 N–H and O–H groups in total. The predicted molar refractivity (Wildman–Crippen MR) is 107 cm³/mol. The summed E-state index contributed by atoms with van der Waals surface area (Å²) in [6, 6.07) is 12.0. The van der Waals surface area contributed by atoms with Gasteiger partial charge in [0.15, 0.2) is 0 Å². The molecule has 1 aliphatic rings. The van der Waals surface area contributed by atoms with Crippen LogP contribution in [0.2, 0.25) is 0 Å². The molecule has 1 fully saturated rings. The number of nitro benzene ring substituents is 1. The number of nitrogens with zero attached hydrogens (tertiary/aromatic N) is 2. The van der Waals surface area contributed by atoms with Crippen LogP contribution in [-0.2, 0) is 0 Å². The Hall–Kier alpha value is -3.22. The molecule has 7 nitrogen and oxygen atoms in total. The number of imidazole rings is 1. The average molecular weight is 378 g/mol. The van der Waals surface area contributed by atoms with Crippen LogP contribution in [0.5, 0.6) is 0 Å². The topological polar surface area (TPSA) is 101 Å². The van der Waals surface area contributed by atoms with Crippen molar-refractivity contribution in [3.05, 3.63) is 58.1 Å². The molecule has 7 heteroatoms. The van der Waals surface area contributed by atoms with E-state index in [-0.39, 0.29) is 17.6 Å². The summed E-state index contributed by atoms with van der Waals surface area (Å²) in [5, 5.41) is 14.1. The van der Waals surface area contributed by atoms with E-state index in [0.717, 1.165) is 18.4 Å². The van der Waals surface area contributed by atoms with Gasteiger partial charge in [0.05, 0.1) is 16.0 Å². The van der Waals surface area contributed by atoms with E-state index in [9.17, 15) is 14.9 Å². The van der Waals surface area contributed by atoms with E-state index in [4.69, 9.17) is 0 Å². The van der Waals surface area contributed by atoms with E-state index in [1.54, 1.807) is 18.2 Å². The molecule has 3 aromatic rings. The van der Waals surface area contributed by atoms with Gasteiger partial charge in [-0.2, -0.15) is 0 Å². The van der Waals surface area contributed by atoms with Gasteiger partial charge >= 0.3 is 0 Å². The second-order valence-electron chi connectivity index (χ2n) is 7.46. The lowest BCUT2D eigenvalue weighted by Crippen LogP contribution is -2.41. The molecule has 2 aromatic carbocycles. The molecule has 144 valence electrons. The van der Waals surface area contributed by atoms with Gasteiger partial charge in [-0.3, -0.25) is 14.9 Å². The lowest BCUT2D eigenvalue weighted by atomic mass is 9.86. The summed E-state index contributed by atoms with van der Waals surface area (Å²) in [5.74, 6) is 1.07. The number of aromatic amines is 1. The second-order valence-corrected chi connectivity index (χ2v) is 7.46. The number of hydrogen-bond acceptors (Lipinski definition) is 4. The van der Waals surface area contributed by atoms with Crippen molar-refractivity contribution < 1.29 is 9.72 Å². The van der Waals surface area contributed by atoms with E-state index in [0.29, 0.717) is 28.3 Å². The number of H-pyrrole nitrogens is 1. The number of fused-ring (bicyclic) bond motifs is 1. The minimum atomic E-state index is -0.430. The van der Waals surface area contributed by atoms with E-state index >= 15 is 0 Å². The Balaban J connectivity index is 1.52. The van der Waals surface area contributed by atoms with Gasteiger partial charge in [-0.1, -0.05) is 31.9 Å². The molecule has 4 rings (SSSR count). The SMILES string of the molecule is CC1CCCCC1NC(=O)c1ccc(-c2nc3ccc([N+](=O)[O-])cc3[nH]2)cc1. The van der Waals surface area contributed by atoms with Crippen molar-refractivity contribution in [2.45, 2.75) is 38.6 Å². The van der Waals surface area contributed by atoms with E-state index in [1.165, 1.54) is 25.0 Å². The van der Waals surface area contributed by atoms with Crippen LogP contribution >= 0.6 is 0 Å². The molecule has 1 aliphatic carbocycles. The summed E-state index contributed by atoms with van der Waals surface area (Å²) >= 11 is 0. The van der Waals surface area contributed by atoms with Gasteiger partial charge in [0.2, 0.25) is 0 Å². The van der Waals surface area contributed by atoms with Gasteiger partial charge in [0.25, 0.3) is 11.6 Å². The molecule has 0 bridgehead atoms. The van der Waals surface area contributed by atoms with Gasteiger partial charge in [-0.25, -0.2) is 4.98 Å². The number of non-ortho nitro benzene ring substituents is 1. The molecule has 1 heterocycles. The standard InChI is InChI=1S/C21H22N4O3/c1-13-4-2-3-5-17(13)24-21(26)15-8-6-14(7-9-15)20-22-18-11-10-16(25(27)28)12-19(18)23-20/h6-13,17H,2-5H2,1H3,(H,22,23)(H,24,26). The van der Waals surface area contributed by atoms with Crippen LogP contribution in [0.4, 0.5) is 5.69 Å². The molecular formula is C21H22N4O3. The van der Waals surface area contributed by atoms with Crippen molar-refractivity contribution in [2.75, 3.05) is 0 Å². The van der Waals surface area contributed by atoms with Crippen molar-refractivity contribution in [2.24, 2.45) is 5.92 Å². The van der Waals surface area contributed by atoms with Crippen molar-refractivity contribution in [3.63, 3.8) is 0 Å². The highest BCUT2D eigenvalue weighted by Gasteiger charge is 2.23. The van der Waals surface area contributed by atoms with Gasteiger partial charge in [-0.15, -0.1) is 0 Å². The van der Waals surface area contributed by atoms with Crippen molar-refractivity contribution in [3.8, 4) is 11.4 Å². The van der Waals surface area contributed by atoms with E-state index < -0.39 is 4.92 Å². The summed E-state index contributed by atoms with van der Waals surface area (Å²) in [5.41, 5.74) is 2.73. The normalized spacial score (nSPS) is 19.5. The molecule has 2 atom stereocenters. The van der Waals surface area contributed by atoms with Crippen molar-refractivity contribution in [1.82, 2.24) is 15.3 Å². The highest BCUT2D eigenvalue weighted by molar-refractivity contribution is 5.95. The number of hydrogen-bond donors (Lipinski definition) is 2. The Labute approximate surface area is 162 Å². The predicted octanol–water partition coefficient (Wildman–Crippen LogP) is 4.45. The third-order valence-electron chi connectivity index (χ3n) is 5.52. The second kappa shape index (κ2) is 7.42. The fourth-order valence-electron chi connectivity index (χ4n) is 3.81. The first-order valence-electron chi connectivity index (χ1n) is 9.57. The van der Waals surface area contributed by atoms with Gasteiger partial charge in [-0.05, 0) is 37.0 Å². The Kier molecular flexibility index (Phi) is 4.81. The number of benzene rings is 2. The lowest BCUT2D eigenvalue weighted by Gasteiger charge is -2.29. The number of aromatic nitrogens is 2. The number of rotatable bonds is 4. The van der Waals surface area contributed by atoms with Crippen molar-refractivity contribution >= 4 is 22.6 Å². The van der Waals surface area contributed by atoms with Crippen LogP contribution in [-0.4, -0.2) is 26.8 Å². The highest BCUT2D eigenvalue weighted by atomic mass is 16.6. The van der Waals surface area contributed by atoms with Crippen molar-refractivity contribution in [1.29, 1.82) is 0 Å². The zero-order valence-corrected chi connectivity index (χ0v) is 15.6. The summed E-state index contributed by atoms with van der Waals surface area (Å²) in [6.45, 7) is 2.19. The molecule has 28 heavy (non-hydrogen) atoms. The average Bonchev–Trinajstić information content (AvgIpc) is 3.13. The maximum Gasteiger partial charge on any atom is 0.271 e. The smallest absolute Gasteiger partial charge is 0.271 e. The lowest BCUT2D eigenvalue weighted by molar-refractivity contribution is -0.384. The summed E-state index contributed by atoms with van der Waals surface area (Å²) < 4.78 is 0. The third-order valence-corrected chi connectivity index (χ3v) is 5.52. The molecule has 0 aliphatic heterocycles. The number of carbonyl (C=O) groups is 1. The molecule has 1 saturated carbocycles. The molecule has 0 spiro atoms. The van der Waals surface area contributed by atoms with Crippen LogP contribution in [0.3, 0.4) is 0 Å². The Morgan fingerprint density at radius 2 is 1.93 bits per heavy atom. The largest absolute Gasteiger partial charge is 0.349 e. The fraction of sp³-hybridized carbons (Fsp3) is 0.333. The minimum absolute atomic E-state index is 0.0201. The Morgan fingerprint density at radius 1 is 1.18 bits per heavy atom. The molecule has 0 saturated heterocycles. The highest BCUT2D eigenvalue weighted by Crippen LogP contribution is 2.25.